The number of carbonyl (C=O) groups excluding carboxylic acids is 1. The maximum Gasteiger partial charge on any atom is 0.262 e. The summed E-state index contributed by atoms with van der Waals surface area (Å²) in [7, 11) is 0. The second kappa shape index (κ2) is 8.69. The first kappa shape index (κ1) is 18.9. The zero-order valence-corrected chi connectivity index (χ0v) is 15.5. The van der Waals surface area contributed by atoms with E-state index in [0.717, 1.165) is 26.0 Å². The van der Waals surface area contributed by atoms with Crippen LogP contribution in [0.2, 0.25) is 0 Å². The van der Waals surface area contributed by atoms with Gasteiger partial charge in [0.15, 0.2) is 0 Å². The number of benzene rings is 2. The van der Waals surface area contributed by atoms with E-state index in [4.69, 9.17) is 0 Å². The second-order valence-electron chi connectivity index (χ2n) is 5.89. The molecule has 6 heteroatoms. The molecule has 1 amide bonds. The first-order chi connectivity index (χ1) is 13.2. The fraction of sp³-hybridized carbons (Fsp3) is 0.143. The van der Waals surface area contributed by atoms with Gasteiger partial charge in [-0.15, -0.1) is 6.58 Å². The number of hydrogen-bond donors (Lipinski definition) is 1. The Labute approximate surface area is 162 Å². The predicted molar refractivity (Wildman–Crippen MR) is 107 cm³/mol. The minimum atomic E-state index is -0.476. The van der Waals surface area contributed by atoms with Crippen LogP contribution in [0.5, 0.6) is 0 Å². The molecule has 1 aliphatic heterocycles. The summed E-state index contributed by atoms with van der Waals surface area (Å²) in [4.78, 5) is 14.7. The van der Waals surface area contributed by atoms with Crippen molar-refractivity contribution in [3.05, 3.63) is 83.1 Å². The molecule has 0 spiro atoms. The van der Waals surface area contributed by atoms with Crippen molar-refractivity contribution in [2.75, 3.05) is 19.6 Å². The first-order valence-electron chi connectivity index (χ1n) is 8.48. The smallest absolute Gasteiger partial charge is 0.262 e. The van der Waals surface area contributed by atoms with E-state index in [0.29, 0.717) is 5.57 Å². The standard InChI is InChI=1S/C21H18N3O2S/c1-2-12-24(26)13-11-23-21(25)17(14-22)20-15-7-3-5-9-18(15)27-19-10-6-4-8-16(19)20/h2-10H,1,11-13H2,(H,23,25)/q-1. The average molecular weight is 376 g/mol. The number of fused-ring (bicyclic) bond motifs is 2. The van der Waals surface area contributed by atoms with Crippen LogP contribution in [0.15, 0.2) is 76.5 Å². The second-order valence-corrected chi connectivity index (χ2v) is 6.97. The molecule has 1 heterocycles. The molecule has 5 nitrogen and oxygen atoms in total. The molecular weight excluding hydrogens is 358 g/mol. The molecule has 27 heavy (non-hydrogen) atoms. The molecular formula is C21H18N3O2S-. The van der Waals surface area contributed by atoms with E-state index in [-0.39, 0.29) is 25.2 Å². The van der Waals surface area contributed by atoms with Crippen LogP contribution in [0.1, 0.15) is 11.1 Å². The van der Waals surface area contributed by atoms with Gasteiger partial charge in [0.2, 0.25) is 0 Å². The van der Waals surface area contributed by atoms with Gasteiger partial charge in [-0.2, -0.15) is 5.26 Å². The molecule has 0 aliphatic carbocycles. The quantitative estimate of drug-likeness (QED) is 0.308. The molecule has 0 bridgehead atoms. The lowest BCUT2D eigenvalue weighted by Gasteiger charge is -2.26. The Morgan fingerprint density at radius 1 is 1.19 bits per heavy atom. The van der Waals surface area contributed by atoms with E-state index < -0.39 is 5.91 Å². The van der Waals surface area contributed by atoms with Gasteiger partial charge in [0.25, 0.3) is 5.91 Å². The highest BCUT2D eigenvalue weighted by atomic mass is 32.2. The third-order valence-corrected chi connectivity index (χ3v) is 5.25. The Bertz CT molecular complexity index is 899. The maximum atomic E-state index is 12.7. The number of carbonyl (C=O) groups is 1. The zero-order valence-electron chi connectivity index (χ0n) is 14.6. The molecule has 0 radical (unpaired) electrons. The molecule has 0 fully saturated rings. The van der Waals surface area contributed by atoms with Gasteiger partial charge in [0, 0.05) is 35.0 Å². The number of amides is 1. The van der Waals surface area contributed by atoms with E-state index in [9.17, 15) is 15.3 Å². The Kier molecular flexibility index (Phi) is 6.09. The highest BCUT2D eigenvalue weighted by molar-refractivity contribution is 7.99. The van der Waals surface area contributed by atoms with Crippen molar-refractivity contribution in [3.63, 3.8) is 0 Å². The summed E-state index contributed by atoms with van der Waals surface area (Å²) < 4.78 is 0. The van der Waals surface area contributed by atoms with Crippen molar-refractivity contribution >= 4 is 23.2 Å². The lowest BCUT2D eigenvalue weighted by Crippen LogP contribution is -2.33. The van der Waals surface area contributed by atoms with E-state index in [1.54, 1.807) is 11.8 Å². The van der Waals surface area contributed by atoms with Crippen LogP contribution < -0.4 is 5.32 Å². The number of hydroxylamine groups is 2. The predicted octanol–water partition coefficient (Wildman–Crippen LogP) is 3.58. The summed E-state index contributed by atoms with van der Waals surface area (Å²) in [6.07, 6.45) is 1.51. The molecule has 136 valence electrons. The van der Waals surface area contributed by atoms with Crippen molar-refractivity contribution < 1.29 is 4.79 Å². The van der Waals surface area contributed by atoms with Crippen LogP contribution >= 0.6 is 11.8 Å². The molecule has 2 aromatic rings. The summed E-state index contributed by atoms with van der Waals surface area (Å²) in [5.41, 5.74) is 2.41. The molecule has 0 saturated carbocycles. The van der Waals surface area contributed by atoms with Gasteiger partial charge in [0.1, 0.15) is 11.6 Å². The van der Waals surface area contributed by atoms with Crippen LogP contribution in [0.3, 0.4) is 0 Å². The average Bonchev–Trinajstić information content (AvgIpc) is 2.68. The summed E-state index contributed by atoms with van der Waals surface area (Å²) in [5, 5.41) is 24.7. The Balaban J connectivity index is 1.96. The van der Waals surface area contributed by atoms with Gasteiger partial charge in [0.05, 0.1) is 0 Å². The highest BCUT2D eigenvalue weighted by Crippen LogP contribution is 2.46. The number of hydrogen-bond acceptors (Lipinski definition) is 5. The van der Waals surface area contributed by atoms with Crippen LogP contribution in [-0.2, 0) is 4.79 Å². The summed E-state index contributed by atoms with van der Waals surface area (Å²) in [6.45, 7) is 4.00. The third kappa shape index (κ3) is 4.12. The van der Waals surface area contributed by atoms with E-state index in [1.165, 1.54) is 6.08 Å². The first-order valence-corrected chi connectivity index (χ1v) is 9.29. The molecule has 3 rings (SSSR count). The Morgan fingerprint density at radius 2 is 1.78 bits per heavy atom. The van der Waals surface area contributed by atoms with Crippen LogP contribution in [-0.4, -0.2) is 30.6 Å². The number of rotatable bonds is 6. The molecule has 1 aliphatic rings. The number of nitriles is 1. The Hall–Kier alpha value is -2.85. The molecule has 0 saturated heterocycles. The highest BCUT2D eigenvalue weighted by Gasteiger charge is 2.26. The van der Waals surface area contributed by atoms with Crippen molar-refractivity contribution in [3.8, 4) is 6.07 Å². The van der Waals surface area contributed by atoms with Gasteiger partial charge in [-0.05, 0) is 23.3 Å². The molecule has 0 atom stereocenters. The maximum absolute atomic E-state index is 12.7. The number of nitrogens with one attached hydrogen (secondary N) is 1. The normalized spacial score (nSPS) is 12.0. The zero-order chi connectivity index (χ0) is 19.2. The fourth-order valence-corrected chi connectivity index (χ4v) is 3.99. The minimum absolute atomic E-state index is 0.0522. The fourth-order valence-electron chi connectivity index (χ4n) is 2.90. The topological polar surface area (TPSA) is 79.2 Å². The summed E-state index contributed by atoms with van der Waals surface area (Å²) in [6, 6.07) is 17.5. The lowest BCUT2D eigenvalue weighted by atomic mass is 9.92. The van der Waals surface area contributed by atoms with Crippen LogP contribution in [0, 0.1) is 16.5 Å². The van der Waals surface area contributed by atoms with Crippen molar-refractivity contribution in [1.29, 1.82) is 5.26 Å². The van der Waals surface area contributed by atoms with Crippen LogP contribution in [0.4, 0.5) is 0 Å². The van der Waals surface area contributed by atoms with Crippen molar-refractivity contribution in [1.82, 2.24) is 10.4 Å². The number of nitrogens with zero attached hydrogens (tertiary/aromatic N) is 2. The van der Waals surface area contributed by atoms with Crippen molar-refractivity contribution in [2.45, 2.75) is 9.79 Å². The molecule has 1 N–H and O–H groups in total. The van der Waals surface area contributed by atoms with Gasteiger partial charge >= 0.3 is 0 Å². The molecule has 0 aromatic heterocycles. The lowest BCUT2D eigenvalue weighted by molar-refractivity contribution is -0.117. The van der Waals surface area contributed by atoms with E-state index in [2.05, 4.69) is 18.0 Å². The monoisotopic (exact) mass is 376 g/mol. The van der Waals surface area contributed by atoms with Crippen LogP contribution in [0.25, 0.3) is 5.57 Å². The van der Waals surface area contributed by atoms with E-state index in [1.807, 2.05) is 48.5 Å². The summed E-state index contributed by atoms with van der Waals surface area (Å²) in [5.74, 6) is -0.476. The Morgan fingerprint density at radius 3 is 2.33 bits per heavy atom. The van der Waals surface area contributed by atoms with Gasteiger partial charge < -0.3 is 15.6 Å². The largest absolute Gasteiger partial charge is 0.785 e. The van der Waals surface area contributed by atoms with Gasteiger partial charge in [-0.1, -0.05) is 54.2 Å². The van der Waals surface area contributed by atoms with E-state index >= 15 is 0 Å². The van der Waals surface area contributed by atoms with Crippen molar-refractivity contribution in [2.24, 2.45) is 0 Å². The van der Waals surface area contributed by atoms with Gasteiger partial charge in [-0.25, -0.2) is 0 Å². The SMILES string of the molecule is C=CCN([O-])CCNC(=O)C(C#N)=C1c2ccccc2Sc2ccccc21. The molecule has 0 unspecified atom stereocenters. The minimum Gasteiger partial charge on any atom is -0.785 e. The third-order valence-electron chi connectivity index (χ3n) is 4.10. The van der Waals surface area contributed by atoms with Gasteiger partial charge in [-0.3, -0.25) is 4.79 Å². The summed E-state index contributed by atoms with van der Waals surface area (Å²) >= 11 is 1.62. The molecule has 2 aromatic carbocycles.